The van der Waals surface area contributed by atoms with E-state index in [1.807, 2.05) is 4.90 Å². The van der Waals surface area contributed by atoms with Crippen LogP contribution < -0.4 is 4.90 Å². The van der Waals surface area contributed by atoms with Crippen molar-refractivity contribution in [1.29, 1.82) is 0 Å². The van der Waals surface area contributed by atoms with Crippen molar-refractivity contribution in [3.8, 4) is 0 Å². The molecule has 0 aromatic heterocycles. The largest absolute Gasteiger partial charge is 0.361 e. The molecule has 2 aliphatic heterocycles. The Morgan fingerprint density at radius 3 is 2.56 bits per heavy atom. The van der Waals surface area contributed by atoms with Gasteiger partial charge < -0.3 is 14.5 Å². The first-order chi connectivity index (χ1) is 13.1. The van der Waals surface area contributed by atoms with Gasteiger partial charge in [-0.05, 0) is 49.9 Å². The minimum atomic E-state index is -0.523. The van der Waals surface area contributed by atoms with Crippen LogP contribution in [0.1, 0.15) is 44.9 Å². The smallest absolute Gasteiger partial charge is 0.253 e. The summed E-state index contributed by atoms with van der Waals surface area (Å²) in [6.45, 7) is 1.72. The summed E-state index contributed by atoms with van der Waals surface area (Å²) in [6.07, 6.45) is 7.19. The first-order valence-corrected chi connectivity index (χ1v) is 10.1. The Kier molecular flexibility index (Phi) is 5.17. The topological polar surface area (TPSA) is 49.9 Å². The van der Waals surface area contributed by atoms with E-state index in [9.17, 15) is 14.0 Å². The molecule has 146 valence electrons. The van der Waals surface area contributed by atoms with Crippen LogP contribution in [-0.2, 0) is 14.3 Å². The molecule has 27 heavy (non-hydrogen) atoms. The van der Waals surface area contributed by atoms with Gasteiger partial charge in [-0.1, -0.05) is 19.3 Å². The lowest BCUT2D eigenvalue weighted by atomic mass is 9.85. The molecule has 1 aromatic carbocycles. The standard InChI is InChI=1S/C21H27FN2O3/c22-17-7-9-18(10-8-17)24-15-21(27-13-19(24)25)11-4-12-23(14-21)20(26)16-5-2-1-3-6-16/h7-10,16H,1-6,11-15H2. The van der Waals surface area contributed by atoms with Gasteiger partial charge in [-0.25, -0.2) is 4.39 Å². The van der Waals surface area contributed by atoms with Gasteiger partial charge in [0.1, 0.15) is 18.0 Å². The molecular weight excluding hydrogens is 347 g/mol. The lowest BCUT2D eigenvalue weighted by Crippen LogP contribution is -2.62. The van der Waals surface area contributed by atoms with Crippen LogP contribution >= 0.6 is 0 Å². The van der Waals surface area contributed by atoms with Crippen molar-refractivity contribution in [2.24, 2.45) is 5.92 Å². The van der Waals surface area contributed by atoms with Crippen LogP contribution in [0, 0.1) is 11.7 Å². The third-order valence-corrected chi connectivity index (χ3v) is 6.19. The summed E-state index contributed by atoms with van der Waals surface area (Å²) in [4.78, 5) is 29.0. The van der Waals surface area contributed by atoms with Gasteiger partial charge >= 0.3 is 0 Å². The van der Waals surface area contributed by atoms with E-state index in [2.05, 4.69) is 0 Å². The number of halogens is 1. The fraction of sp³-hybridized carbons (Fsp3) is 0.619. The van der Waals surface area contributed by atoms with Crippen LogP contribution in [0.15, 0.2) is 24.3 Å². The molecular formula is C21H27FN2O3. The number of benzene rings is 1. The van der Waals surface area contributed by atoms with Crippen molar-refractivity contribution in [2.75, 3.05) is 31.1 Å². The second-order valence-corrected chi connectivity index (χ2v) is 8.13. The van der Waals surface area contributed by atoms with Crippen LogP contribution in [-0.4, -0.2) is 48.6 Å². The van der Waals surface area contributed by atoms with E-state index in [0.29, 0.717) is 18.8 Å². The Bertz CT molecular complexity index is 702. The second kappa shape index (κ2) is 7.58. The average molecular weight is 374 g/mol. The maximum absolute atomic E-state index is 13.2. The number of carbonyl (C=O) groups excluding carboxylic acids is 2. The van der Waals surface area contributed by atoms with Gasteiger partial charge in [0.15, 0.2) is 0 Å². The van der Waals surface area contributed by atoms with Crippen molar-refractivity contribution >= 4 is 17.5 Å². The number of hydrogen-bond acceptors (Lipinski definition) is 3. The highest BCUT2D eigenvalue weighted by Crippen LogP contribution is 2.34. The highest BCUT2D eigenvalue weighted by atomic mass is 19.1. The van der Waals surface area contributed by atoms with Crippen LogP contribution in [0.3, 0.4) is 0 Å². The Hall–Kier alpha value is -1.95. The molecule has 1 spiro atoms. The predicted molar refractivity (Wildman–Crippen MR) is 99.8 cm³/mol. The highest BCUT2D eigenvalue weighted by molar-refractivity contribution is 5.95. The quantitative estimate of drug-likeness (QED) is 0.799. The normalized spacial score (nSPS) is 27.2. The third-order valence-electron chi connectivity index (χ3n) is 6.19. The summed E-state index contributed by atoms with van der Waals surface area (Å²) < 4.78 is 19.2. The summed E-state index contributed by atoms with van der Waals surface area (Å²) in [7, 11) is 0. The lowest BCUT2D eigenvalue weighted by Gasteiger charge is -2.48. The molecule has 6 heteroatoms. The van der Waals surface area contributed by atoms with E-state index < -0.39 is 5.60 Å². The number of carbonyl (C=O) groups is 2. The Morgan fingerprint density at radius 1 is 1.07 bits per heavy atom. The molecule has 1 saturated carbocycles. The molecule has 0 bridgehead atoms. The zero-order valence-electron chi connectivity index (χ0n) is 15.7. The van der Waals surface area contributed by atoms with Gasteiger partial charge in [0.05, 0.1) is 13.1 Å². The lowest BCUT2D eigenvalue weighted by molar-refractivity contribution is -0.156. The van der Waals surface area contributed by atoms with Gasteiger partial charge in [0.25, 0.3) is 5.91 Å². The zero-order valence-corrected chi connectivity index (χ0v) is 15.7. The third kappa shape index (κ3) is 3.86. The molecule has 0 N–H and O–H groups in total. The fourth-order valence-electron chi connectivity index (χ4n) is 4.71. The minimum Gasteiger partial charge on any atom is -0.361 e. The zero-order chi connectivity index (χ0) is 18.9. The number of piperidine rings is 1. The molecule has 2 amide bonds. The van der Waals surface area contributed by atoms with E-state index in [1.54, 1.807) is 17.0 Å². The second-order valence-electron chi connectivity index (χ2n) is 8.13. The van der Waals surface area contributed by atoms with Gasteiger partial charge in [-0.3, -0.25) is 9.59 Å². The Morgan fingerprint density at radius 2 is 1.81 bits per heavy atom. The van der Waals surface area contributed by atoms with Crippen LogP contribution in [0.4, 0.5) is 10.1 Å². The number of hydrogen-bond donors (Lipinski definition) is 0. The maximum Gasteiger partial charge on any atom is 0.253 e. The molecule has 1 unspecified atom stereocenters. The van der Waals surface area contributed by atoms with Gasteiger partial charge in [-0.15, -0.1) is 0 Å². The number of likely N-dealkylation sites (tertiary alicyclic amines) is 1. The van der Waals surface area contributed by atoms with Crippen molar-refractivity contribution < 1.29 is 18.7 Å². The Balaban J connectivity index is 1.49. The maximum atomic E-state index is 13.2. The number of amides is 2. The number of ether oxygens (including phenoxy) is 1. The molecule has 3 aliphatic rings. The van der Waals surface area contributed by atoms with Crippen molar-refractivity contribution in [3.05, 3.63) is 30.1 Å². The molecule has 1 aromatic rings. The summed E-state index contributed by atoms with van der Waals surface area (Å²) in [5, 5.41) is 0. The summed E-state index contributed by atoms with van der Waals surface area (Å²) in [6, 6.07) is 5.98. The monoisotopic (exact) mass is 374 g/mol. The molecule has 2 saturated heterocycles. The van der Waals surface area contributed by atoms with E-state index in [1.165, 1.54) is 18.6 Å². The molecule has 2 heterocycles. The predicted octanol–water partition coefficient (Wildman–Crippen LogP) is 3.13. The van der Waals surface area contributed by atoms with Gasteiger partial charge in [0, 0.05) is 18.2 Å². The average Bonchev–Trinajstić information content (AvgIpc) is 2.71. The molecule has 3 fully saturated rings. The number of nitrogens with zero attached hydrogens (tertiary/aromatic N) is 2. The van der Waals surface area contributed by atoms with Crippen molar-refractivity contribution in [2.45, 2.75) is 50.5 Å². The molecule has 1 aliphatic carbocycles. The van der Waals surface area contributed by atoms with Crippen LogP contribution in [0.25, 0.3) is 0 Å². The van der Waals surface area contributed by atoms with Crippen molar-refractivity contribution in [3.63, 3.8) is 0 Å². The first-order valence-electron chi connectivity index (χ1n) is 10.1. The highest BCUT2D eigenvalue weighted by Gasteiger charge is 2.45. The van der Waals surface area contributed by atoms with Crippen LogP contribution in [0.2, 0.25) is 0 Å². The molecule has 4 rings (SSSR count). The van der Waals surface area contributed by atoms with Gasteiger partial charge in [-0.2, -0.15) is 0 Å². The SMILES string of the molecule is O=C(C1CCCCC1)N1CCCC2(C1)CN(c1ccc(F)cc1)C(=O)CO2. The number of rotatable bonds is 2. The minimum absolute atomic E-state index is 0.00281. The van der Waals surface area contributed by atoms with E-state index >= 15 is 0 Å². The first kappa shape index (κ1) is 18.4. The number of anilines is 1. The summed E-state index contributed by atoms with van der Waals surface area (Å²) in [5.74, 6) is -0.0472. The molecule has 1 atom stereocenters. The van der Waals surface area contributed by atoms with E-state index in [0.717, 1.165) is 45.1 Å². The van der Waals surface area contributed by atoms with Gasteiger partial charge in [0.2, 0.25) is 5.91 Å². The van der Waals surface area contributed by atoms with E-state index in [-0.39, 0.29) is 30.2 Å². The Labute approximate surface area is 159 Å². The summed E-state index contributed by atoms with van der Waals surface area (Å²) >= 11 is 0. The summed E-state index contributed by atoms with van der Waals surface area (Å²) in [5.41, 5.74) is 0.157. The van der Waals surface area contributed by atoms with E-state index in [4.69, 9.17) is 4.74 Å². The number of morpholine rings is 1. The van der Waals surface area contributed by atoms with Crippen molar-refractivity contribution in [1.82, 2.24) is 4.90 Å². The molecule has 5 nitrogen and oxygen atoms in total. The van der Waals surface area contributed by atoms with Crippen LogP contribution in [0.5, 0.6) is 0 Å². The molecule has 0 radical (unpaired) electrons. The fourth-order valence-corrected chi connectivity index (χ4v) is 4.71.